The Morgan fingerprint density at radius 1 is 1.08 bits per heavy atom. The zero-order valence-electron chi connectivity index (χ0n) is 14.4. The van der Waals surface area contributed by atoms with Gasteiger partial charge in [-0.2, -0.15) is 0 Å². The van der Waals surface area contributed by atoms with Gasteiger partial charge in [0.2, 0.25) is 11.8 Å². The predicted octanol–water partition coefficient (Wildman–Crippen LogP) is 1.92. The van der Waals surface area contributed by atoms with Gasteiger partial charge in [-0.05, 0) is 36.6 Å². The van der Waals surface area contributed by atoms with Gasteiger partial charge in [0.05, 0.1) is 6.33 Å². The van der Waals surface area contributed by atoms with Crippen LogP contribution >= 0.6 is 0 Å². The van der Waals surface area contributed by atoms with Crippen molar-refractivity contribution in [3.63, 3.8) is 0 Å². The highest BCUT2D eigenvalue weighted by Gasteiger charge is 2.01. The van der Waals surface area contributed by atoms with Crippen molar-refractivity contribution in [1.29, 1.82) is 0 Å². The molecule has 0 aliphatic carbocycles. The van der Waals surface area contributed by atoms with E-state index >= 15 is 0 Å². The number of rotatable bonds is 10. The maximum Gasteiger partial charge on any atom is 0.243 e. The van der Waals surface area contributed by atoms with Gasteiger partial charge in [0, 0.05) is 37.1 Å². The number of benzene rings is 1. The predicted molar refractivity (Wildman–Crippen MR) is 96.9 cm³/mol. The molecule has 4 N–H and O–H groups in total. The Morgan fingerprint density at radius 3 is 2.46 bits per heavy atom. The van der Waals surface area contributed by atoms with Crippen molar-refractivity contribution in [2.45, 2.75) is 32.1 Å². The van der Waals surface area contributed by atoms with E-state index < -0.39 is 5.91 Å². The van der Waals surface area contributed by atoms with Crippen LogP contribution in [0.15, 0.2) is 49.2 Å². The first-order valence-electron chi connectivity index (χ1n) is 8.41. The number of amides is 2. The molecule has 0 fully saturated rings. The molecule has 2 amide bonds. The molecule has 0 spiro atoms. The molecule has 8 nitrogen and oxygen atoms in total. The summed E-state index contributed by atoms with van der Waals surface area (Å²) in [4.78, 5) is 26.5. The lowest BCUT2D eigenvalue weighted by Gasteiger charge is -2.05. The van der Waals surface area contributed by atoms with E-state index in [1.54, 1.807) is 24.2 Å². The Hall–Kier alpha value is -3.13. The van der Waals surface area contributed by atoms with Crippen LogP contribution in [0.4, 0.5) is 0 Å². The van der Waals surface area contributed by atoms with E-state index in [0.29, 0.717) is 19.3 Å². The molecule has 0 saturated carbocycles. The monoisotopic (exact) mass is 357 g/mol. The van der Waals surface area contributed by atoms with Crippen LogP contribution in [0.25, 0.3) is 11.8 Å². The number of nitrogens with zero attached hydrogens (tertiary/aromatic N) is 2. The third kappa shape index (κ3) is 6.78. The van der Waals surface area contributed by atoms with Gasteiger partial charge in [0.25, 0.3) is 0 Å². The Kier molecular flexibility index (Phi) is 7.88. The van der Waals surface area contributed by atoms with Crippen LogP contribution in [-0.4, -0.2) is 26.6 Å². The van der Waals surface area contributed by atoms with Gasteiger partial charge in [-0.25, -0.2) is 10.5 Å². The lowest BCUT2D eigenvalue weighted by Crippen LogP contribution is -2.33. The fraction of sp³-hybridized carbons (Fsp3) is 0.278. The normalized spacial score (nSPS) is 10.7. The molecular weight excluding hydrogens is 334 g/mol. The number of carbonyl (C=O) groups excluding carboxylic acids is 2. The second-order valence-corrected chi connectivity index (χ2v) is 5.68. The summed E-state index contributed by atoms with van der Waals surface area (Å²) in [6.07, 6.45) is 11.6. The van der Waals surface area contributed by atoms with Gasteiger partial charge < -0.3 is 9.99 Å². The molecule has 0 aliphatic heterocycles. The maximum absolute atomic E-state index is 11.6. The SMILES string of the molecule is O=C(CCCCCC(=O)NN/C=C/c1ccc(-n2ccnc2)cc1)NO. The van der Waals surface area contributed by atoms with Crippen LogP contribution in [0.5, 0.6) is 0 Å². The zero-order valence-corrected chi connectivity index (χ0v) is 14.4. The van der Waals surface area contributed by atoms with Crippen LogP contribution in [0, 0.1) is 0 Å². The van der Waals surface area contributed by atoms with Gasteiger partial charge in [0.1, 0.15) is 0 Å². The summed E-state index contributed by atoms with van der Waals surface area (Å²) in [6, 6.07) is 7.91. The molecule has 1 aromatic heterocycles. The molecular formula is C18H23N5O3. The van der Waals surface area contributed by atoms with Gasteiger partial charge in [-0.3, -0.25) is 20.2 Å². The molecule has 0 saturated heterocycles. The van der Waals surface area contributed by atoms with E-state index in [-0.39, 0.29) is 12.3 Å². The number of hydrazine groups is 1. The molecule has 0 radical (unpaired) electrons. The van der Waals surface area contributed by atoms with E-state index in [1.165, 1.54) is 0 Å². The number of aromatic nitrogens is 2. The minimum atomic E-state index is -0.403. The number of unbranched alkanes of at least 4 members (excludes halogenated alkanes) is 2. The lowest BCUT2D eigenvalue weighted by atomic mass is 10.1. The second kappa shape index (κ2) is 10.7. The zero-order chi connectivity index (χ0) is 18.6. The number of carbonyl (C=O) groups is 2. The largest absolute Gasteiger partial charge is 0.306 e. The molecule has 26 heavy (non-hydrogen) atoms. The molecule has 2 aromatic rings. The number of imidazole rings is 1. The molecule has 138 valence electrons. The third-order valence-electron chi connectivity index (χ3n) is 3.70. The fourth-order valence-corrected chi connectivity index (χ4v) is 2.30. The van der Waals surface area contributed by atoms with Gasteiger partial charge in [-0.15, -0.1) is 0 Å². The van der Waals surface area contributed by atoms with Crippen LogP contribution in [-0.2, 0) is 9.59 Å². The second-order valence-electron chi connectivity index (χ2n) is 5.68. The standard InChI is InChI=1S/C18H23N5O3/c24-17(4-2-1-3-5-18(25)22-26)21-20-11-10-15-6-8-16(9-7-15)23-13-12-19-14-23/h6-14,20,26H,1-5H2,(H,21,24)(H,22,25)/b11-10+. The molecule has 0 aliphatic rings. The van der Waals surface area contributed by atoms with Crippen LogP contribution in [0.2, 0.25) is 0 Å². The van der Waals surface area contributed by atoms with Crippen LogP contribution < -0.4 is 16.3 Å². The Morgan fingerprint density at radius 2 is 1.81 bits per heavy atom. The highest BCUT2D eigenvalue weighted by molar-refractivity contribution is 5.75. The van der Waals surface area contributed by atoms with Crippen molar-refractivity contribution >= 4 is 17.9 Å². The first-order chi connectivity index (χ1) is 12.7. The van der Waals surface area contributed by atoms with Gasteiger partial charge in [-0.1, -0.05) is 18.6 Å². The number of nitrogens with one attached hydrogen (secondary N) is 3. The first kappa shape index (κ1) is 19.2. The molecule has 1 aromatic carbocycles. The molecule has 8 heteroatoms. The molecule has 0 atom stereocenters. The Balaban J connectivity index is 1.61. The summed E-state index contributed by atoms with van der Waals surface area (Å²) < 4.78 is 1.92. The molecule has 0 bridgehead atoms. The van der Waals surface area contributed by atoms with E-state index in [9.17, 15) is 9.59 Å². The fourth-order valence-electron chi connectivity index (χ4n) is 2.30. The van der Waals surface area contributed by atoms with E-state index in [1.807, 2.05) is 41.1 Å². The smallest absolute Gasteiger partial charge is 0.243 e. The minimum Gasteiger partial charge on any atom is -0.306 e. The van der Waals surface area contributed by atoms with E-state index in [0.717, 1.165) is 17.7 Å². The van der Waals surface area contributed by atoms with Crippen molar-refractivity contribution in [2.75, 3.05) is 0 Å². The highest BCUT2D eigenvalue weighted by Crippen LogP contribution is 2.10. The van der Waals surface area contributed by atoms with Crippen molar-refractivity contribution in [2.24, 2.45) is 0 Å². The Bertz CT molecular complexity index is 711. The number of hydrogen-bond acceptors (Lipinski definition) is 5. The van der Waals surface area contributed by atoms with E-state index in [2.05, 4.69) is 15.8 Å². The van der Waals surface area contributed by atoms with Crippen LogP contribution in [0.3, 0.4) is 0 Å². The average Bonchev–Trinajstić information content (AvgIpc) is 3.20. The van der Waals surface area contributed by atoms with Crippen molar-refractivity contribution < 1.29 is 14.8 Å². The van der Waals surface area contributed by atoms with Crippen molar-refractivity contribution in [3.8, 4) is 5.69 Å². The average molecular weight is 357 g/mol. The summed E-state index contributed by atoms with van der Waals surface area (Å²) in [5, 5.41) is 8.36. The quantitative estimate of drug-likeness (QED) is 0.295. The van der Waals surface area contributed by atoms with Gasteiger partial charge in [0.15, 0.2) is 0 Å². The minimum absolute atomic E-state index is 0.114. The summed E-state index contributed by atoms with van der Waals surface area (Å²) in [7, 11) is 0. The van der Waals surface area contributed by atoms with Crippen LogP contribution in [0.1, 0.15) is 37.7 Å². The summed E-state index contributed by atoms with van der Waals surface area (Å²) in [5.41, 5.74) is 8.95. The third-order valence-corrected chi connectivity index (χ3v) is 3.70. The number of hydrogen-bond donors (Lipinski definition) is 4. The topological polar surface area (TPSA) is 108 Å². The Labute approximate surface area is 151 Å². The summed E-state index contributed by atoms with van der Waals surface area (Å²) in [6.45, 7) is 0. The first-order valence-corrected chi connectivity index (χ1v) is 8.41. The molecule has 0 unspecified atom stereocenters. The summed E-state index contributed by atoms with van der Waals surface area (Å²) >= 11 is 0. The molecule has 2 rings (SSSR count). The van der Waals surface area contributed by atoms with Crippen molar-refractivity contribution in [1.82, 2.24) is 25.9 Å². The maximum atomic E-state index is 11.6. The van der Waals surface area contributed by atoms with Crippen molar-refractivity contribution in [3.05, 3.63) is 54.7 Å². The lowest BCUT2D eigenvalue weighted by molar-refractivity contribution is -0.129. The highest BCUT2D eigenvalue weighted by atomic mass is 16.5. The van der Waals surface area contributed by atoms with E-state index in [4.69, 9.17) is 5.21 Å². The molecule has 1 heterocycles. The number of hydroxylamine groups is 1. The summed E-state index contributed by atoms with van der Waals surface area (Å²) in [5.74, 6) is -0.518. The van der Waals surface area contributed by atoms with Gasteiger partial charge >= 0.3 is 0 Å².